The number of aromatic nitrogens is 1. The normalized spacial score (nSPS) is 23.0. The maximum absolute atomic E-state index is 13.9. The molecule has 180 valence electrons. The summed E-state index contributed by atoms with van der Waals surface area (Å²) in [6, 6.07) is 15.0. The summed E-state index contributed by atoms with van der Waals surface area (Å²) in [5, 5.41) is 0.588. The quantitative estimate of drug-likeness (QED) is 0.330. The highest BCUT2D eigenvalue weighted by atomic mass is 35.5. The van der Waals surface area contributed by atoms with Crippen molar-refractivity contribution in [3.05, 3.63) is 71.3 Å². The molecule has 0 bridgehead atoms. The third-order valence-corrected chi connectivity index (χ3v) is 7.82. The van der Waals surface area contributed by atoms with Crippen molar-refractivity contribution in [2.75, 3.05) is 18.1 Å². The lowest BCUT2D eigenvalue weighted by Gasteiger charge is -2.37. The molecule has 1 atom stereocenters. The molecular weight excluding hydrogens is 454 g/mol. The molecule has 3 aromatic rings. The van der Waals surface area contributed by atoms with Gasteiger partial charge in [0.2, 0.25) is 0 Å². The number of hydrogen-bond donors (Lipinski definition) is 0. The van der Waals surface area contributed by atoms with Crippen LogP contribution >= 0.6 is 11.6 Å². The van der Waals surface area contributed by atoms with Crippen LogP contribution in [0.2, 0.25) is 0 Å². The molecule has 1 saturated carbocycles. The molecule has 5 rings (SSSR count). The van der Waals surface area contributed by atoms with Crippen molar-refractivity contribution >= 4 is 28.3 Å². The van der Waals surface area contributed by atoms with Crippen LogP contribution in [0.15, 0.2) is 48.5 Å². The van der Waals surface area contributed by atoms with Crippen molar-refractivity contribution in [1.82, 2.24) is 4.98 Å². The second-order valence-electron chi connectivity index (χ2n) is 9.75. The van der Waals surface area contributed by atoms with Crippen LogP contribution in [0.4, 0.5) is 14.6 Å². The van der Waals surface area contributed by atoms with Crippen molar-refractivity contribution in [1.29, 1.82) is 0 Å². The summed E-state index contributed by atoms with van der Waals surface area (Å²) >= 11 is 6.28. The lowest BCUT2D eigenvalue weighted by Crippen LogP contribution is -2.38. The number of anilines is 1. The SMILES string of the molecule is Fc1cc2cc(CCl)c(N3CCC[C@@H]3C3CCC(COCc4ccccc4)CC3)nc2cc1F. The first-order chi connectivity index (χ1) is 16.6. The van der Waals surface area contributed by atoms with Crippen molar-refractivity contribution < 1.29 is 13.5 Å². The number of hydrogen-bond acceptors (Lipinski definition) is 3. The zero-order chi connectivity index (χ0) is 23.5. The summed E-state index contributed by atoms with van der Waals surface area (Å²) in [6.07, 6.45) is 6.99. The molecule has 1 aliphatic heterocycles. The zero-order valence-electron chi connectivity index (χ0n) is 19.4. The molecule has 0 N–H and O–H groups in total. The predicted molar refractivity (Wildman–Crippen MR) is 133 cm³/mol. The van der Waals surface area contributed by atoms with E-state index in [-0.39, 0.29) is 0 Å². The highest BCUT2D eigenvalue weighted by Crippen LogP contribution is 2.40. The number of halogens is 3. The van der Waals surface area contributed by atoms with Gasteiger partial charge in [-0.15, -0.1) is 11.6 Å². The molecule has 2 aromatic carbocycles. The van der Waals surface area contributed by atoms with Gasteiger partial charge in [-0.05, 0) is 68.1 Å². The minimum Gasteiger partial charge on any atom is -0.376 e. The van der Waals surface area contributed by atoms with Crippen LogP contribution < -0.4 is 4.90 Å². The van der Waals surface area contributed by atoms with Gasteiger partial charge >= 0.3 is 0 Å². The van der Waals surface area contributed by atoms with Gasteiger partial charge < -0.3 is 9.64 Å². The molecule has 0 radical (unpaired) electrons. The fourth-order valence-corrected chi connectivity index (χ4v) is 5.95. The molecule has 3 nitrogen and oxygen atoms in total. The molecule has 1 aliphatic carbocycles. The van der Waals surface area contributed by atoms with E-state index in [0.29, 0.717) is 41.3 Å². The van der Waals surface area contributed by atoms with Gasteiger partial charge in [0.15, 0.2) is 11.6 Å². The molecule has 1 aromatic heterocycles. The van der Waals surface area contributed by atoms with Crippen LogP contribution in [0.3, 0.4) is 0 Å². The minimum absolute atomic E-state index is 0.298. The number of ether oxygens (including phenoxy) is 1. The summed E-state index contributed by atoms with van der Waals surface area (Å²) in [7, 11) is 0. The van der Waals surface area contributed by atoms with Crippen LogP contribution in [0.1, 0.15) is 49.7 Å². The lowest BCUT2D eigenvalue weighted by molar-refractivity contribution is 0.0649. The van der Waals surface area contributed by atoms with Gasteiger partial charge in [0, 0.05) is 36.2 Å². The molecule has 0 spiro atoms. The first-order valence-electron chi connectivity index (χ1n) is 12.4. The zero-order valence-corrected chi connectivity index (χ0v) is 20.1. The predicted octanol–water partition coefficient (Wildman–Crippen LogP) is 7.24. The van der Waals surface area contributed by atoms with Crippen LogP contribution in [0.5, 0.6) is 0 Å². The highest BCUT2D eigenvalue weighted by Gasteiger charge is 2.36. The van der Waals surface area contributed by atoms with Crippen LogP contribution in [-0.2, 0) is 17.2 Å². The van der Waals surface area contributed by atoms with E-state index in [1.807, 2.05) is 24.3 Å². The van der Waals surface area contributed by atoms with Gasteiger partial charge in [-0.2, -0.15) is 0 Å². The van der Waals surface area contributed by atoms with Crippen LogP contribution in [-0.4, -0.2) is 24.2 Å². The van der Waals surface area contributed by atoms with Crippen molar-refractivity contribution in [3.63, 3.8) is 0 Å². The molecule has 34 heavy (non-hydrogen) atoms. The second kappa shape index (κ2) is 10.6. The second-order valence-corrected chi connectivity index (χ2v) is 10.0. The molecule has 1 saturated heterocycles. The Morgan fingerprint density at radius 2 is 1.74 bits per heavy atom. The summed E-state index contributed by atoms with van der Waals surface area (Å²) < 4.78 is 33.6. The third kappa shape index (κ3) is 5.06. The fraction of sp³-hybridized carbons (Fsp3) is 0.464. The van der Waals surface area contributed by atoms with E-state index < -0.39 is 11.6 Å². The molecule has 2 aliphatic rings. The Kier molecular flexibility index (Phi) is 7.31. The Balaban J connectivity index is 1.24. The summed E-state index contributed by atoms with van der Waals surface area (Å²) in [4.78, 5) is 7.16. The molecule has 0 unspecified atom stereocenters. The van der Waals surface area contributed by atoms with E-state index in [2.05, 4.69) is 17.0 Å². The Morgan fingerprint density at radius 1 is 0.971 bits per heavy atom. The smallest absolute Gasteiger partial charge is 0.161 e. The minimum atomic E-state index is -0.865. The fourth-order valence-electron chi connectivity index (χ4n) is 5.75. The Bertz CT molecular complexity index is 1120. The molecule has 6 heteroatoms. The van der Waals surface area contributed by atoms with E-state index in [9.17, 15) is 8.78 Å². The van der Waals surface area contributed by atoms with E-state index in [4.69, 9.17) is 21.3 Å². The maximum Gasteiger partial charge on any atom is 0.161 e. The van der Waals surface area contributed by atoms with E-state index >= 15 is 0 Å². The van der Waals surface area contributed by atoms with E-state index in [1.165, 1.54) is 43.4 Å². The standard InChI is InChI=1S/C28H31ClF2N2O/c29-16-23-13-22-14-24(30)25(31)15-26(22)32-28(23)33-12-4-7-27(33)21-10-8-20(9-11-21)18-34-17-19-5-2-1-3-6-19/h1-3,5-6,13-15,20-21,27H,4,7-12,16-18H2/t20?,21?,27-/m1/s1. The van der Waals surface area contributed by atoms with Gasteiger partial charge in [0.05, 0.1) is 18.0 Å². The number of rotatable bonds is 7. The summed E-state index contributed by atoms with van der Waals surface area (Å²) in [5.41, 5.74) is 2.58. The number of pyridine rings is 1. The topological polar surface area (TPSA) is 25.4 Å². The molecule has 2 fully saturated rings. The van der Waals surface area contributed by atoms with Gasteiger partial charge in [0.1, 0.15) is 5.82 Å². The highest BCUT2D eigenvalue weighted by molar-refractivity contribution is 6.17. The van der Waals surface area contributed by atoms with Gasteiger partial charge in [0.25, 0.3) is 0 Å². The Labute approximate surface area is 205 Å². The number of nitrogens with zero attached hydrogens (tertiary/aromatic N) is 2. The average Bonchev–Trinajstić information content (AvgIpc) is 3.35. The lowest BCUT2D eigenvalue weighted by atomic mass is 9.78. The first kappa shape index (κ1) is 23.5. The molecular formula is C28H31ClF2N2O. The average molecular weight is 485 g/mol. The monoisotopic (exact) mass is 484 g/mol. The van der Waals surface area contributed by atoms with Crippen LogP contribution in [0, 0.1) is 23.5 Å². The Morgan fingerprint density at radius 3 is 2.50 bits per heavy atom. The van der Waals surface area contributed by atoms with E-state index in [1.54, 1.807) is 0 Å². The summed E-state index contributed by atoms with van der Waals surface area (Å²) in [5.74, 6) is 0.639. The van der Waals surface area contributed by atoms with Gasteiger partial charge in [-0.25, -0.2) is 13.8 Å². The first-order valence-corrected chi connectivity index (χ1v) is 12.9. The molecule has 0 amide bonds. The van der Waals surface area contributed by atoms with Crippen molar-refractivity contribution in [2.24, 2.45) is 11.8 Å². The Hall–Kier alpha value is -2.24. The largest absolute Gasteiger partial charge is 0.376 e. The maximum atomic E-state index is 13.9. The number of fused-ring (bicyclic) bond motifs is 1. The summed E-state index contributed by atoms with van der Waals surface area (Å²) in [6.45, 7) is 2.42. The van der Waals surface area contributed by atoms with Crippen molar-refractivity contribution in [2.45, 2.75) is 57.1 Å². The van der Waals surface area contributed by atoms with Crippen LogP contribution in [0.25, 0.3) is 10.9 Å². The number of alkyl halides is 1. The molecule has 2 heterocycles. The van der Waals surface area contributed by atoms with E-state index in [0.717, 1.165) is 37.4 Å². The van der Waals surface area contributed by atoms with Gasteiger partial charge in [-0.1, -0.05) is 30.3 Å². The van der Waals surface area contributed by atoms with Gasteiger partial charge in [-0.3, -0.25) is 0 Å². The third-order valence-electron chi connectivity index (χ3n) is 7.53. The number of benzene rings is 2. The van der Waals surface area contributed by atoms with Crippen molar-refractivity contribution in [3.8, 4) is 0 Å².